The number of urea groups is 1. The molecule has 1 heterocycles. The number of nitrogens with one attached hydrogen (secondary N) is 1. The molecule has 0 unspecified atom stereocenters. The van der Waals surface area contributed by atoms with Gasteiger partial charge in [0.25, 0.3) is 0 Å². The van der Waals surface area contributed by atoms with Crippen LogP contribution < -0.4 is 15.0 Å². The minimum Gasteiger partial charge on any atom is -0.492 e. The smallest absolute Gasteiger partial charge is 0.326 e. The van der Waals surface area contributed by atoms with Crippen molar-refractivity contribution in [2.45, 2.75) is 9.79 Å². The number of rotatable bonds is 4. The van der Waals surface area contributed by atoms with Crippen LogP contribution in [0.5, 0.6) is 5.75 Å². The Balaban J connectivity index is 1.45. The van der Waals surface area contributed by atoms with Crippen molar-refractivity contribution in [3.8, 4) is 5.75 Å². The molecule has 1 aliphatic heterocycles. The lowest BCUT2D eigenvalue weighted by atomic mass is 10.2. The van der Waals surface area contributed by atoms with Crippen molar-refractivity contribution in [1.82, 2.24) is 5.32 Å². The van der Waals surface area contributed by atoms with Gasteiger partial charge in [-0.25, -0.2) is 4.79 Å². The number of halogens is 1. The van der Waals surface area contributed by atoms with Crippen LogP contribution >= 0.6 is 23.4 Å². The minimum absolute atomic E-state index is 0.171. The maximum atomic E-state index is 12.9. The Morgan fingerprint density at radius 1 is 0.926 bits per heavy atom. The molecule has 27 heavy (non-hydrogen) atoms. The van der Waals surface area contributed by atoms with E-state index >= 15 is 0 Å². The molecule has 0 fully saturated rings. The van der Waals surface area contributed by atoms with Crippen molar-refractivity contribution in [1.29, 1.82) is 0 Å². The van der Waals surface area contributed by atoms with Gasteiger partial charge in [-0.05, 0) is 48.5 Å². The summed E-state index contributed by atoms with van der Waals surface area (Å²) in [5, 5.41) is 3.61. The molecule has 4 rings (SSSR count). The number of carbonyl (C=O) groups is 1. The molecule has 6 heteroatoms. The Kier molecular flexibility index (Phi) is 5.23. The molecule has 1 aliphatic rings. The fourth-order valence-corrected chi connectivity index (χ4v) is 4.04. The first-order chi connectivity index (χ1) is 13.2. The number of hydrogen-bond donors (Lipinski definition) is 1. The summed E-state index contributed by atoms with van der Waals surface area (Å²) >= 11 is 7.54. The molecule has 0 atom stereocenters. The van der Waals surface area contributed by atoms with Crippen LogP contribution in [-0.4, -0.2) is 19.2 Å². The lowest BCUT2D eigenvalue weighted by molar-refractivity contribution is 0.243. The summed E-state index contributed by atoms with van der Waals surface area (Å²) in [5.41, 5.74) is 1.77. The second-order valence-corrected chi connectivity index (χ2v) is 7.43. The average molecular weight is 397 g/mol. The second-order valence-electron chi connectivity index (χ2n) is 5.91. The lowest BCUT2D eigenvalue weighted by Crippen LogP contribution is -2.40. The van der Waals surface area contributed by atoms with Crippen molar-refractivity contribution in [2.24, 2.45) is 0 Å². The molecule has 0 saturated carbocycles. The largest absolute Gasteiger partial charge is 0.492 e. The van der Waals surface area contributed by atoms with Crippen LogP contribution in [0.4, 0.5) is 16.2 Å². The maximum absolute atomic E-state index is 12.9. The van der Waals surface area contributed by atoms with E-state index in [0.29, 0.717) is 18.2 Å². The van der Waals surface area contributed by atoms with Crippen molar-refractivity contribution in [3.63, 3.8) is 0 Å². The molecule has 0 saturated heterocycles. The molecule has 0 spiro atoms. The van der Waals surface area contributed by atoms with E-state index < -0.39 is 0 Å². The van der Waals surface area contributed by atoms with E-state index in [2.05, 4.69) is 5.32 Å². The number of benzene rings is 3. The zero-order valence-corrected chi connectivity index (χ0v) is 16.0. The van der Waals surface area contributed by atoms with Crippen LogP contribution in [0.2, 0.25) is 5.02 Å². The Labute approximate surface area is 167 Å². The number of carbonyl (C=O) groups excluding carboxylic acids is 1. The third kappa shape index (κ3) is 3.89. The van der Waals surface area contributed by atoms with Crippen LogP contribution in [-0.2, 0) is 0 Å². The van der Waals surface area contributed by atoms with E-state index in [9.17, 15) is 4.79 Å². The molecule has 3 aromatic carbocycles. The number of fused-ring (bicyclic) bond motifs is 2. The second kappa shape index (κ2) is 7.94. The van der Waals surface area contributed by atoms with Crippen LogP contribution in [0.3, 0.4) is 0 Å². The predicted octanol–water partition coefficient (Wildman–Crippen LogP) is 5.73. The number of para-hydroxylation sites is 2. The van der Waals surface area contributed by atoms with Gasteiger partial charge in [0.1, 0.15) is 12.4 Å². The third-order valence-electron chi connectivity index (χ3n) is 4.10. The summed E-state index contributed by atoms with van der Waals surface area (Å²) in [6.45, 7) is 0.773. The van der Waals surface area contributed by atoms with Gasteiger partial charge in [-0.3, -0.25) is 4.90 Å². The van der Waals surface area contributed by atoms with Crippen molar-refractivity contribution >= 4 is 40.8 Å². The highest BCUT2D eigenvalue weighted by atomic mass is 35.5. The molecular weight excluding hydrogens is 380 g/mol. The van der Waals surface area contributed by atoms with Gasteiger partial charge in [0.2, 0.25) is 0 Å². The molecule has 0 bridgehead atoms. The molecule has 1 N–H and O–H groups in total. The fraction of sp³-hybridized carbons (Fsp3) is 0.0952. The van der Waals surface area contributed by atoms with Crippen molar-refractivity contribution < 1.29 is 9.53 Å². The molecule has 0 radical (unpaired) electrons. The van der Waals surface area contributed by atoms with E-state index in [0.717, 1.165) is 26.9 Å². The average Bonchev–Trinajstić information content (AvgIpc) is 2.70. The molecular formula is C21H17ClN2O2S. The summed E-state index contributed by atoms with van der Waals surface area (Å²) in [6.07, 6.45) is 0. The lowest BCUT2D eigenvalue weighted by Gasteiger charge is -2.31. The van der Waals surface area contributed by atoms with E-state index in [1.807, 2.05) is 48.5 Å². The molecule has 0 aliphatic carbocycles. The van der Waals surface area contributed by atoms with Crippen molar-refractivity contribution in [2.75, 3.05) is 18.1 Å². The van der Waals surface area contributed by atoms with E-state index in [-0.39, 0.29) is 6.03 Å². The summed E-state index contributed by atoms with van der Waals surface area (Å²) in [7, 11) is 0. The first kappa shape index (κ1) is 17.8. The molecule has 4 nitrogen and oxygen atoms in total. The van der Waals surface area contributed by atoms with Crippen molar-refractivity contribution in [3.05, 3.63) is 77.8 Å². The predicted molar refractivity (Wildman–Crippen MR) is 109 cm³/mol. The number of amides is 2. The number of nitrogens with zero attached hydrogens (tertiary/aromatic N) is 1. The van der Waals surface area contributed by atoms with E-state index in [4.69, 9.17) is 16.3 Å². The maximum Gasteiger partial charge on any atom is 0.326 e. The van der Waals surface area contributed by atoms with E-state index in [1.165, 1.54) is 0 Å². The zero-order valence-electron chi connectivity index (χ0n) is 14.4. The number of ether oxygens (including phenoxy) is 1. The molecule has 0 aromatic heterocycles. The Bertz CT molecular complexity index is 917. The van der Waals surface area contributed by atoms with Gasteiger partial charge in [0.05, 0.1) is 17.9 Å². The summed E-state index contributed by atoms with van der Waals surface area (Å²) in [5.74, 6) is 0.721. The van der Waals surface area contributed by atoms with Crippen LogP contribution in [0.25, 0.3) is 0 Å². The van der Waals surface area contributed by atoms with Crippen LogP contribution in [0.1, 0.15) is 0 Å². The third-order valence-corrected chi connectivity index (χ3v) is 5.48. The summed E-state index contributed by atoms with van der Waals surface area (Å²) in [6, 6.07) is 22.8. The summed E-state index contributed by atoms with van der Waals surface area (Å²) in [4.78, 5) is 16.8. The van der Waals surface area contributed by atoms with Gasteiger partial charge in [-0.2, -0.15) is 0 Å². The first-order valence-corrected chi connectivity index (χ1v) is 9.74. The van der Waals surface area contributed by atoms with Gasteiger partial charge in [0.15, 0.2) is 0 Å². The molecule has 136 valence electrons. The highest BCUT2D eigenvalue weighted by Crippen LogP contribution is 2.47. The number of hydrogen-bond acceptors (Lipinski definition) is 3. The Hall–Kier alpha value is -2.63. The SMILES string of the molecule is O=C(NCCOc1ccc(Cl)cc1)N1c2ccccc2Sc2ccccc21. The normalized spacial score (nSPS) is 12.1. The Morgan fingerprint density at radius 2 is 1.52 bits per heavy atom. The standard InChI is InChI=1S/C21H17ClN2O2S/c22-15-9-11-16(12-10-15)26-14-13-23-21(25)24-17-5-1-3-7-19(17)27-20-8-4-2-6-18(20)24/h1-12H,13-14H2,(H,23,25). The molecule has 2 amide bonds. The van der Waals surface area contributed by atoms with Crippen LogP contribution in [0.15, 0.2) is 82.6 Å². The fourth-order valence-electron chi connectivity index (χ4n) is 2.86. The van der Waals surface area contributed by atoms with E-state index in [1.54, 1.807) is 40.9 Å². The molecule has 3 aromatic rings. The minimum atomic E-state index is -0.171. The Morgan fingerprint density at radius 3 is 2.15 bits per heavy atom. The quantitative estimate of drug-likeness (QED) is 0.572. The zero-order chi connectivity index (χ0) is 18.6. The van der Waals surface area contributed by atoms with Gasteiger partial charge >= 0.3 is 6.03 Å². The first-order valence-electron chi connectivity index (χ1n) is 8.54. The topological polar surface area (TPSA) is 41.6 Å². The highest BCUT2D eigenvalue weighted by molar-refractivity contribution is 7.99. The van der Waals surface area contributed by atoms with Gasteiger partial charge < -0.3 is 10.1 Å². The van der Waals surface area contributed by atoms with Crippen LogP contribution in [0, 0.1) is 0 Å². The van der Waals surface area contributed by atoms with Gasteiger partial charge in [-0.1, -0.05) is 47.6 Å². The summed E-state index contributed by atoms with van der Waals surface area (Å²) < 4.78 is 5.64. The number of anilines is 2. The monoisotopic (exact) mass is 396 g/mol. The highest BCUT2D eigenvalue weighted by Gasteiger charge is 2.27. The van der Waals surface area contributed by atoms with Gasteiger partial charge in [0, 0.05) is 14.8 Å². The van der Waals surface area contributed by atoms with Gasteiger partial charge in [-0.15, -0.1) is 0 Å².